The lowest BCUT2D eigenvalue weighted by molar-refractivity contribution is 0.398. The molecule has 0 bridgehead atoms. The third-order valence-electron chi connectivity index (χ3n) is 3.25. The molecule has 20 heavy (non-hydrogen) atoms. The van der Waals surface area contributed by atoms with E-state index >= 15 is 0 Å². The molecule has 0 aromatic carbocycles. The summed E-state index contributed by atoms with van der Waals surface area (Å²) in [5, 5.41) is 0. The number of ether oxygens (including phenoxy) is 1. The zero-order valence-corrected chi connectivity index (χ0v) is 11.3. The van der Waals surface area contributed by atoms with Gasteiger partial charge in [0.2, 0.25) is 11.8 Å². The number of hydrogen-bond acceptors (Lipinski definition) is 5. The molecule has 0 spiro atoms. The second-order valence-electron chi connectivity index (χ2n) is 4.47. The zero-order valence-electron chi connectivity index (χ0n) is 11.3. The summed E-state index contributed by atoms with van der Waals surface area (Å²) in [5.74, 6) is 0.950. The van der Waals surface area contributed by atoms with E-state index in [1.165, 1.54) is 0 Å². The molecule has 3 aromatic heterocycles. The van der Waals surface area contributed by atoms with Crippen LogP contribution in [-0.4, -0.2) is 26.6 Å². The Bertz CT molecular complexity index is 738. The van der Waals surface area contributed by atoms with Crippen molar-refractivity contribution in [1.82, 2.24) is 19.5 Å². The van der Waals surface area contributed by atoms with Gasteiger partial charge in [-0.05, 0) is 25.1 Å². The van der Waals surface area contributed by atoms with E-state index in [0.29, 0.717) is 17.5 Å². The van der Waals surface area contributed by atoms with Crippen molar-refractivity contribution in [1.29, 1.82) is 0 Å². The van der Waals surface area contributed by atoms with Crippen molar-refractivity contribution < 1.29 is 4.74 Å². The molecule has 3 rings (SSSR count). The normalized spacial score (nSPS) is 12.5. The SMILES string of the molecule is COc1ccc2nc(N)n(C(C)c3ccccn3)c2n1. The highest BCUT2D eigenvalue weighted by Crippen LogP contribution is 2.26. The molecule has 1 atom stereocenters. The molecule has 0 amide bonds. The topological polar surface area (TPSA) is 78.9 Å². The van der Waals surface area contributed by atoms with Crippen LogP contribution in [0.2, 0.25) is 0 Å². The Balaban J connectivity index is 2.17. The number of imidazole rings is 1. The summed E-state index contributed by atoms with van der Waals surface area (Å²) in [6, 6.07) is 9.34. The molecule has 102 valence electrons. The van der Waals surface area contributed by atoms with Gasteiger partial charge in [-0.3, -0.25) is 9.55 Å². The van der Waals surface area contributed by atoms with Gasteiger partial charge in [-0.1, -0.05) is 6.07 Å². The fourth-order valence-electron chi connectivity index (χ4n) is 2.22. The Morgan fingerprint density at radius 3 is 2.75 bits per heavy atom. The summed E-state index contributed by atoms with van der Waals surface area (Å²) in [7, 11) is 1.58. The molecular weight excluding hydrogens is 254 g/mol. The molecule has 3 aromatic rings. The summed E-state index contributed by atoms with van der Waals surface area (Å²) in [6.45, 7) is 2.01. The van der Waals surface area contributed by atoms with E-state index in [9.17, 15) is 0 Å². The average Bonchev–Trinajstić information content (AvgIpc) is 2.82. The summed E-state index contributed by atoms with van der Waals surface area (Å²) in [4.78, 5) is 13.1. The molecule has 6 heteroatoms. The maximum absolute atomic E-state index is 6.03. The van der Waals surface area contributed by atoms with Gasteiger partial charge < -0.3 is 10.5 Å². The molecule has 2 N–H and O–H groups in total. The molecule has 1 unspecified atom stereocenters. The van der Waals surface area contributed by atoms with Crippen molar-refractivity contribution in [3.8, 4) is 5.88 Å². The number of hydrogen-bond donors (Lipinski definition) is 1. The predicted molar refractivity (Wildman–Crippen MR) is 76.5 cm³/mol. The fraction of sp³-hybridized carbons (Fsp3) is 0.214. The summed E-state index contributed by atoms with van der Waals surface area (Å²) < 4.78 is 7.02. The quantitative estimate of drug-likeness (QED) is 0.787. The van der Waals surface area contributed by atoms with Crippen molar-refractivity contribution in [3.63, 3.8) is 0 Å². The highest BCUT2D eigenvalue weighted by molar-refractivity contribution is 5.75. The average molecular weight is 269 g/mol. The van der Waals surface area contributed by atoms with Crippen LogP contribution in [0.15, 0.2) is 36.5 Å². The predicted octanol–water partition coefficient (Wildman–Crippen LogP) is 2.03. The van der Waals surface area contributed by atoms with Crippen LogP contribution in [0.3, 0.4) is 0 Å². The largest absolute Gasteiger partial charge is 0.481 e. The Kier molecular flexibility index (Phi) is 2.98. The number of nitrogen functional groups attached to an aromatic ring is 1. The van der Waals surface area contributed by atoms with E-state index < -0.39 is 0 Å². The Morgan fingerprint density at radius 2 is 2.05 bits per heavy atom. The lowest BCUT2D eigenvalue weighted by Gasteiger charge is -2.14. The van der Waals surface area contributed by atoms with Crippen LogP contribution >= 0.6 is 0 Å². The Morgan fingerprint density at radius 1 is 1.20 bits per heavy atom. The highest BCUT2D eigenvalue weighted by atomic mass is 16.5. The molecular formula is C14H15N5O. The Labute approximate surface area is 116 Å². The van der Waals surface area contributed by atoms with Crippen LogP contribution in [0.4, 0.5) is 5.95 Å². The van der Waals surface area contributed by atoms with E-state index in [4.69, 9.17) is 10.5 Å². The van der Waals surface area contributed by atoms with Crippen molar-refractivity contribution in [2.24, 2.45) is 0 Å². The van der Waals surface area contributed by atoms with Gasteiger partial charge in [0.05, 0.1) is 18.8 Å². The first-order chi connectivity index (χ1) is 9.70. The molecule has 0 saturated heterocycles. The highest BCUT2D eigenvalue weighted by Gasteiger charge is 2.18. The van der Waals surface area contributed by atoms with Gasteiger partial charge in [0, 0.05) is 12.3 Å². The minimum absolute atomic E-state index is 0.0548. The van der Waals surface area contributed by atoms with Gasteiger partial charge in [-0.2, -0.15) is 4.98 Å². The molecule has 0 fully saturated rings. The fourth-order valence-corrected chi connectivity index (χ4v) is 2.22. The zero-order chi connectivity index (χ0) is 14.1. The maximum Gasteiger partial charge on any atom is 0.215 e. The summed E-state index contributed by atoms with van der Waals surface area (Å²) in [5.41, 5.74) is 8.37. The van der Waals surface area contributed by atoms with Gasteiger partial charge in [0.15, 0.2) is 5.65 Å². The minimum Gasteiger partial charge on any atom is -0.481 e. The smallest absolute Gasteiger partial charge is 0.215 e. The number of fused-ring (bicyclic) bond motifs is 1. The molecule has 0 aliphatic carbocycles. The standard InChI is InChI=1S/C14H15N5O/c1-9(10-5-3-4-8-16-10)19-13-11(17-14(19)15)6-7-12(18-13)20-2/h3-9H,1-2H3,(H2,15,17). The second-order valence-corrected chi connectivity index (χ2v) is 4.47. The first kappa shape index (κ1) is 12.4. The number of rotatable bonds is 3. The van der Waals surface area contributed by atoms with Crippen molar-refractivity contribution in [2.75, 3.05) is 12.8 Å². The van der Waals surface area contributed by atoms with Crippen LogP contribution < -0.4 is 10.5 Å². The van der Waals surface area contributed by atoms with Gasteiger partial charge in [0.25, 0.3) is 0 Å². The Hall–Kier alpha value is -2.63. The monoisotopic (exact) mass is 269 g/mol. The lowest BCUT2D eigenvalue weighted by atomic mass is 10.2. The number of aromatic nitrogens is 4. The number of nitrogens with two attached hydrogens (primary N) is 1. The molecule has 0 aliphatic rings. The molecule has 3 heterocycles. The van der Waals surface area contributed by atoms with E-state index in [1.54, 1.807) is 19.4 Å². The number of methoxy groups -OCH3 is 1. The number of anilines is 1. The van der Waals surface area contributed by atoms with E-state index in [0.717, 1.165) is 11.2 Å². The van der Waals surface area contributed by atoms with E-state index in [-0.39, 0.29) is 6.04 Å². The summed E-state index contributed by atoms with van der Waals surface area (Å²) >= 11 is 0. The van der Waals surface area contributed by atoms with Gasteiger partial charge >= 0.3 is 0 Å². The van der Waals surface area contributed by atoms with Crippen molar-refractivity contribution in [2.45, 2.75) is 13.0 Å². The summed E-state index contributed by atoms with van der Waals surface area (Å²) in [6.07, 6.45) is 1.76. The lowest BCUT2D eigenvalue weighted by Crippen LogP contribution is -2.12. The van der Waals surface area contributed by atoms with Crippen LogP contribution in [0.25, 0.3) is 11.2 Å². The van der Waals surface area contributed by atoms with Crippen LogP contribution in [0, 0.1) is 0 Å². The second kappa shape index (κ2) is 4.80. The molecule has 0 saturated carbocycles. The van der Waals surface area contributed by atoms with Crippen LogP contribution in [0.5, 0.6) is 5.88 Å². The van der Waals surface area contributed by atoms with Crippen molar-refractivity contribution in [3.05, 3.63) is 42.2 Å². The van der Waals surface area contributed by atoms with Crippen LogP contribution in [-0.2, 0) is 0 Å². The first-order valence-electron chi connectivity index (χ1n) is 6.30. The molecule has 0 aliphatic heterocycles. The van der Waals surface area contributed by atoms with E-state index in [2.05, 4.69) is 15.0 Å². The number of nitrogens with zero attached hydrogens (tertiary/aromatic N) is 4. The van der Waals surface area contributed by atoms with Gasteiger partial charge in [-0.15, -0.1) is 0 Å². The van der Waals surface area contributed by atoms with Crippen LogP contribution in [0.1, 0.15) is 18.7 Å². The molecule has 0 radical (unpaired) electrons. The first-order valence-corrected chi connectivity index (χ1v) is 6.30. The van der Waals surface area contributed by atoms with E-state index in [1.807, 2.05) is 35.8 Å². The minimum atomic E-state index is -0.0548. The van der Waals surface area contributed by atoms with Gasteiger partial charge in [-0.25, -0.2) is 4.98 Å². The van der Waals surface area contributed by atoms with Gasteiger partial charge in [0.1, 0.15) is 5.52 Å². The molecule has 6 nitrogen and oxygen atoms in total. The number of pyridine rings is 2. The van der Waals surface area contributed by atoms with Crippen molar-refractivity contribution >= 4 is 17.1 Å². The third-order valence-corrected chi connectivity index (χ3v) is 3.25. The third kappa shape index (κ3) is 1.95. The maximum atomic E-state index is 6.03.